The molecule has 0 saturated carbocycles. The Labute approximate surface area is 115 Å². The van der Waals surface area contributed by atoms with Crippen LogP contribution in [0, 0.1) is 0 Å². The number of hydrogen-bond acceptors (Lipinski definition) is 4. The third-order valence-corrected chi connectivity index (χ3v) is 2.26. The summed E-state index contributed by atoms with van der Waals surface area (Å²) < 4.78 is 10.1. The number of amides is 1. The molecule has 0 spiro atoms. The van der Waals surface area contributed by atoms with E-state index in [-0.39, 0.29) is 6.61 Å². The SMILES string of the molecule is CC(C)(C)OC(=O)NC(COCCCBr)C(=O)O. The molecule has 0 aliphatic carbocycles. The van der Waals surface area contributed by atoms with E-state index in [9.17, 15) is 9.59 Å². The Morgan fingerprint density at radius 1 is 1.39 bits per heavy atom. The number of carbonyl (C=O) groups excluding carboxylic acids is 1. The molecular formula is C11H20BrNO5. The topological polar surface area (TPSA) is 84.9 Å². The number of hydrogen-bond donors (Lipinski definition) is 2. The molecule has 2 N–H and O–H groups in total. The molecule has 0 heterocycles. The van der Waals surface area contributed by atoms with Crippen molar-refractivity contribution in [1.82, 2.24) is 5.32 Å². The largest absolute Gasteiger partial charge is 0.480 e. The van der Waals surface area contributed by atoms with Gasteiger partial charge in [-0.25, -0.2) is 9.59 Å². The van der Waals surface area contributed by atoms with Crippen LogP contribution in [0.15, 0.2) is 0 Å². The third kappa shape index (κ3) is 9.23. The number of aliphatic carboxylic acids is 1. The molecule has 18 heavy (non-hydrogen) atoms. The van der Waals surface area contributed by atoms with Crippen LogP contribution in [0.3, 0.4) is 0 Å². The molecular weight excluding hydrogens is 306 g/mol. The van der Waals surface area contributed by atoms with Crippen molar-refractivity contribution in [2.45, 2.75) is 38.8 Å². The number of carboxylic acids is 1. The lowest BCUT2D eigenvalue weighted by atomic mass is 10.2. The van der Waals surface area contributed by atoms with E-state index < -0.39 is 23.7 Å². The minimum absolute atomic E-state index is 0.0818. The maximum Gasteiger partial charge on any atom is 0.408 e. The van der Waals surface area contributed by atoms with Gasteiger partial charge in [-0.15, -0.1) is 0 Å². The number of rotatable bonds is 7. The van der Waals surface area contributed by atoms with E-state index in [0.29, 0.717) is 6.61 Å². The molecule has 0 fully saturated rings. The number of carbonyl (C=O) groups is 2. The number of nitrogens with one attached hydrogen (secondary N) is 1. The van der Waals surface area contributed by atoms with Crippen molar-refractivity contribution in [3.05, 3.63) is 0 Å². The molecule has 6 nitrogen and oxygen atoms in total. The highest BCUT2D eigenvalue weighted by molar-refractivity contribution is 9.09. The van der Waals surface area contributed by atoms with Gasteiger partial charge in [0.1, 0.15) is 5.60 Å². The van der Waals surface area contributed by atoms with Crippen LogP contribution >= 0.6 is 15.9 Å². The van der Waals surface area contributed by atoms with Crippen molar-refractivity contribution in [3.63, 3.8) is 0 Å². The van der Waals surface area contributed by atoms with E-state index in [0.717, 1.165) is 11.8 Å². The molecule has 1 unspecified atom stereocenters. The van der Waals surface area contributed by atoms with E-state index in [4.69, 9.17) is 14.6 Å². The summed E-state index contributed by atoms with van der Waals surface area (Å²) in [4.78, 5) is 22.3. The fourth-order valence-electron chi connectivity index (χ4n) is 0.982. The van der Waals surface area contributed by atoms with Gasteiger partial charge in [-0.05, 0) is 27.2 Å². The van der Waals surface area contributed by atoms with E-state index in [2.05, 4.69) is 21.2 Å². The first-order valence-corrected chi connectivity index (χ1v) is 6.74. The Kier molecular flexibility index (Phi) is 7.93. The fourth-order valence-corrected chi connectivity index (χ4v) is 1.21. The zero-order valence-corrected chi connectivity index (χ0v) is 12.4. The molecule has 106 valence electrons. The first kappa shape index (κ1) is 17.2. The van der Waals surface area contributed by atoms with Crippen LogP contribution in [-0.2, 0) is 14.3 Å². The summed E-state index contributed by atoms with van der Waals surface area (Å²) in [7, 11) is 0. The second-order valence-electron chi connectivity index (χ2n) is 4.65. The van der Waals surface area contributed by atoms with Crippen LogP contribution in [0.4, 0.5) is 4.79 Å². The summed E-state index contributed by atoms with van der Waals surface area (Å²) in [6, 6.07) is -1.10. The number of alkyl halides is 1. The predicted molar refractivity (Wildman–Crippen MR) is 70.0 cm³/mol. The first-order chi connectivity index (χ1) is 8.26. The van der Waals surface area contributed by atoms with Crippen LogP contribution in [0.5, 0.6) is 0 Å². The van der Waals surface area contributed by atoms with Gasteiger partial charge in [-0.3, -0.25) is 0 Å². The smallest absolute Gasteiger partial charge is 0.408 e. The summed E-state index contributed by atoms with van der Waals surface area (Å²) in [5, 5.41) is 12.0. The quantitative estimate of drug-likeness (QED) is 0.550. The lowest BCUT2D eigenvalue weighted by Gasteiger charge is -2.21. The zero-order valence-electron chi connectivity index (χ0n) is 10.9. The normalized spacial score (nSPS) is 12.9. The van der Waals surface area contributed by atoms with Crippen molar-refractivity contribution in [3.8, 4) is 0 Å². The fraction of sp³-hybridized carbons (Fsp3) is 0.818. The van der Waals surface area contributed by atoms with Crippen LogP contribution in [-0.4, -0.2) is 47.4 Å². The zero-order chi connectivity index (χ0) is 14.2. The summed E-state index contributed by atoms with van der Waals surface area (Å²) in [5.41, 5.74) is -0.663. The van der Waals surface area contributed by atoms with E-state index in [1.807, 2.05) is 0 Å². The minimum atomic E-state index is -1.15. The highest BCUT2D eigenvalue weighted by Crippen LogP contribution is 2.06. The van der Waals surface area contributed by atoms with Gasteiger partial charge in [0.05, 0.1) is 6.61 Å². The Morgan fingerprint density at radius 2 is 2.00 bits per heavy atom. The van der Waals surface area contributed by atoms with Crippen LogP contribution < -0.4 is 5.32 Å². The molecule has 7 heteroatoms. The third-order valence-electron chi connectivity index (χ3n) is 1.70. The molecule has 0 aromatic heterocycles. The second kappa shape index (κ2) is 8.31. The molecule has 0 saturated heterocycles. The molecule has 0 radical (unpaired) electrons. The standard InChI is InChI=1S/C11H20BrNO5/c1-11(2,3)18-10(16)13-8(9(14)15)7-17-6-4-5-12/h8H,4-7H2,1-3H3,(H,13,16)(H,14,15). The average molecular weight is 326 g/mol. The highest BCUT2D eigenvalue weighted by Gasteiger charge is 2.23. The van der Waals surface area contributed by atoms with Gasteiger partial charge in [-0.1, -0.05) is 15.9 Å². The molecule has 0 rings (SSSR count). The lowest BCUT2D eigenvalue weighted by molar-refractivity contribution is -0.141. The Morgan fingerprint density at radius 3 is 2.44 bits per heavy atom. The average Bonchev–Trinajstić information content (AvgIpc) is 2.19. The molecule has 1 atom stereocenters. The predicted octanol–water partition coefficient (Wildman–Crippen LogP) is 1.77. The number of ether oxygens (including phenoxy) is 2. The Hall–Kier alpha value is -0.820. The number of carboxylic acid groups (broad SMARTS) is 1. The second-order valence-corrected chi connectivity index (χ2v) is 5.45. The summed E-state index contributed by atoms with van der Waals surface area (Å²) in [6.07, 6.45) is 0.0117. The molecule has 0 aliphatic rings. The van der Waals surface area contributed by atoms with Gasteiger partial charge in [0.2, 0.25) is 0 Å². The van der Waals surface area contributed by atoms with E-state index >= 15 is 0 Å². The van der Waals surface area contributed by atoms with Gasteiger partial charge in [-0.2, -0.15) is 0 Å². The lowest BCUT2D eigenvalue weighted by Crippen LogP contribution is -2.46. The van der Waals surface area contributed by atoms with Crippen LogP contribution in [0.25, 0.3) is 0 Å². The Bertz CT molecular complexity index is 277. The van der Waals surface area contributed by atoms with Crippen molar-refractivity contribution in [1.29, 1.82) is 0 Å². The van der Waals surface area contributed by atoms with Crippen LogP contribution in [0.1, 0.15) is 27.2 Å². The Balaban J connectivity index is 4.11. The highest BCUT2D eigenvalue weighted by atomic mass is 79.9. The van der Waals surface area contributed by atoms with Gasteiger partial charge in [0.15, 0.2) is 6.04 Å². The molecule has 0 aromatic carbocycles. The van der Waals surface area contributed by atoms with Crippen molar-refractivity contribution in [2.75, 3.05) is 18.5 Å². The van der Waals surface area contributed by atoms with Crippen molar-refractivity contribution < 1.29 is 24.2 Å². The summed E-state index contributed by atoms with van der Waals surface area (Å²) in [6.45, 7) is 5.46. The number of halogens is 1. The van der Waals surface area contributed by atoms with Crippen molar-refractivity contribution >= 4 is 28.0 Å². The molecule has 0 aromatic rings. The minimum Gasteiger partial charge on any atom is -0.480 e. The van der Waals surface area contributed by atoms with Gasteiger partial charge < -0.3 is 19.9 Å². The van der Waals surface area contributed by atoms with Gasteiger partial charge in [0.25, 0.3) is 0 Å². The van der Waals surface area contributed by atoms with Gasteiger partial charge >= 0.3 is 12.1 Å². The summed E-state index contributed by atoms with van der Waals surface area (Å²) >= 11 is 3.23. The maximum atomic E-state index is 11.4. The van der Waals surface area contributed by atoms with Crippen molar-refractivity contribution in [2.24, 2.45) is 0 Å². The first-order valence-electron chi connectivity index (χ1n) is 5.62. The maximum absolute atomic E-state index is 11.4. The monoisotopic (exact) mass is 325 g/mol. The molecule has 0 bridgehead atoms. The summed E-state index contributed by atoms with van der Waals surface area (Å²) in [5.74, 6) is -1.15. The van der Waals surface area contributed by atoms with E-state index in [1.165, 1.54) is 0 Å². The van der Waals surface area contributed by atoms with Crippen LogP contribution in [0.2, 0.25) is 0 Å². The molecule has 0 aliphatic heterocycles. The van der Waals surface area contributed by atoms with Gasteiger partial charge in [0, 0.05) is 11.9 Å². The number of alkyl carbamates (subject to hydrolysis) is 1. The van der Waals surface area contributed by atoms with E-state index in [1.54, 1.807) is 20.8 Å². The molecule has 1 amide bonds.